The van der Waals surface area contributed by atoms with Crippen molar-refractivity contribution in [3.8, 4) is 0 Å². The summed E-state index contributed by atoms with van der Waals surface area (Å²) in [5.41, 5.74) is 0. The fourth-order valence-electron chi connectivity index (χ4n) is 8.91. The predicted molar refractivity (Wildman–Crippen MR) is 321 cm³/mol. The molecule has 0 aromatic rings. The summed E-state index contributed by atoms with van der Waals surface area (Å²) in [5.74, 6) is -0.903. The normalized spacial score (nSPS) is 12.6. The third-order valence-corrected chi connectivity index (χ3v) is 13.6. The molecule has 0 aliphatic heterocycles. The molecule has 0 heterocycles. The first kappa shape index (κ1) is 70.6. The number of carbonyl (C=O) groups is 3. The van der Waals surface area contributed by atoms with Gasteiger partial charge in [-0.25, -0.2) is 0 Å². The summed E-state index contributed by atoms with van der Waals surface area (Å²) >= 11 is 0. The van der Waals surface area contributed by atoms with Crippen molar-refractivity contribution in [2.75, 3.05) is 13.2 Å². The van der Waals surface area contributed by atoms with Gasteiger partial charge in [0.1, 0.15) is 13.2 Å². The lowest BCUT2D eigenvalue weighted by atomic mass is 10.0. The highest BCUT2D eigenvalue weighted by molar-refractivity contribution is 5.71. The smallest absolute Gasteiger partial charge is 0.306 e. The van der Waals surface area contributed by atoms with Crippen molar-refractivity contribution < 1.29 is 28.6 Å². The van der Waals surface area contributed by atoms with Crippen LogP contribution in [0.1, 0.15) is 310 Å². The van der Waals surface area contributed by atoms with E-state index in [1.807, 2.05) is 0 Å². The van der Waals surface area contributed by atoms with Crippen LogP contribution in [0.25, 0.3) is 0 Å². The number of carbonyl (C=O) groups excluding carboxylic acids is 3. The van der Waals surface area contributed by atoms with Gasteiger partial charge in [-0.05, 0) is 96.3 Å². The number of hydrogen-bond donors (Lipinski definition) is 0. The molecule has 0 N–H and O–H groups in total. The zero-order chi connectivity index (χ0) is 53.6. The van der Waals surface area contributed by atoms with Crippen molar-refractivity contribution in [2.24, 2.45) is 0 Å². The molecule has 0 rings (SSSR count). The third-order valence-electron chi connectivity index (χ3n) is 13.6. The van der Waals surface area contributed by atoms with E-state index in [1.54, 1.807) is 0 Å². The van der Waals surface area contributed by atoms with E-state index in [0.29, 0.717) is 19.3 Å². The number of unbranched alkanes of at least 4 members (excludes halogenated alkanes) is 32. The van der Waals surface area contributed by atoms with Crippen LogP contribution in [0.15, 0.2) is 85.1 Å². The molecule has 426 valence electrons. The summed E-state index contributed by atoms with van der Waals surface area (Å²) in [7, 11) is 0. The van der Waals surface area contributed by atoms with Crippen LogP contribution in [0, 0.1) is 0 Å². The van der Waals surface area contributed by atoms with Crippen molar-refractivity contribution in [3.63, 3.8) is 0 Å². The molecule has 0 radical (unpaired) electrons. The fraction of sp³-hybridized carbons (Fsp3) is 0.750. The summed E-state index contributed by atoms with van der Waals surface area (Å²) < 4.78 is 16.8. The Labute approximate surface area is 458 Å². The Kier molecular flexibility index (Phi) is 59.3. The summed E-state index contributed by atoms with van der Waals surface area (Å²) in [6, 6.07) is 0. The Morgan fingerprint density at radius 3 is 0.824 bits per heavy atom. The molecule has 0 aliphatic rings. The molecule has 0 bridgehead atoms. The van der Waals surface area contributed by atoms with Crippen LogP contribution in [-0.4, -0.2) is 37.2 Å². The topological polar surface area (TPSA) is 78.9 Å². The van der Waals surface area contributed by atoms with Gasteiger partial charge in [-0.1, -0.05) is 279 Å². The first-order valence-electron chi connectivity index (χ1n) is 31.6. The molecular weight excluding hydrogens is 913 g/mol. The minimum atomic E-state index is -0.786. The Balaban J connectivity index is 4.11. The maximum atomic E-state index is 12.8. The van der Waals surface area contributed by atoms with Gasteiger partial charge >= 0.3 is 17.9 Å². The Bertz CT molecular complexity index is 1420. The standard InChI is InChI=1S/C68H118O6/c1-4-7-10-13-16-19-21-23-25-27-28-29-30-31-32-33-34-35-36-37-38-39-40-42-43-45-47-49-52-55-58-61-67(70)73-64-65(63-72-66(69)60-57-54-51-18-15-12-9-6-3)74-68(71)62-59-56-53-50-48-46-44-41-26-24-22-20-17-14-11-8-5-2/h8,11,17,20-21,23-24,26-28,30-31,44,46,65H,4-7,9-10,12-16,18-19,22,25,29,32-43,45,47-64H2,1-3H3/b11-8-,20-17-,23-21-,26-24-,28-27-,31-30-,46-44-. The van der Waals surface area contributed by atoms with E-state index in [4.69, 9.17) is 14.2 Å². The second-order valence-corrected chi connectivity index (χ2v) is 20.9. The molecule has 0 amide bonds. The molecule has 0 saturated carbocycles. The molecule has 6 nitrogen and oxygen atoms in total. The fourth-order valence-corrected chi connectivity index (χ4v) is 8.91. The minimum absolute atomic E-state index is 0.0840. The number of rotatable bonds is 57. The molecule has 1 unspecified atom stereocenters. The molecule has 74 heavy (non-hydrogen) atoms. The van der Waals surface area contributed by atoms with Crippen LogP contribution < -0.4 is 0 Å². The predicted octanol–water partition coefficient (Wildman–Crippen LogP) is 21.5. The van der Waals surface area contributed by atoms with Gasteiger partial charge in [0.05, 0.1) is 0 Å². The van der Waals surface area contributed by atoms with E-state index >= 15 is 0 Å². The Hall–Kier alpha value is -3.41. The molecule has 0 aliphatic carbocycles. The van der Waals surface area contributed by atoms with Crippen LogP contribution in [0.3, 0.4) is 0 Å². The Morgan fingerprint density at radius 1 is 0.284 bits per heavy atom. The zero-order valence-corrected chi connectivity index (χ0v) is 48.8. The average Bonchev–Trinajstić information content (AvgIpc) is 3.40. The monoisotopic (exact) mass is 1030 g/mol. The van der Waals surface area contributed by atoms with Gasteiger partial charge in [-0.2, -0.15) is 0 Å². The van der Waals surface area contributed by atoms with Gasteiger partial charge in [-0.3, -0.25) is 14.4 Å². The maximum absolute atomic E-state index is 12.8. The van der Waals surface area contributed by atoms with Crippen LogP contribution in [0.2, 0.25) is 0 Å². The van der Waals surface area contributed by atoms with Crippen molar-refractivity contribution in [2.45, 2.75) is 316 Å². The zero-order valence-electron chi connectivity index (χ0n) is 48.8. The third kappa shape index (κ3) is 59.5. The number of hydrogen-bond acceptors (Lipinski definition) is 6. The van der Waals surface area contributed by atoms with Crippen molar-refractivity contribution in [1.82, 2.24) is 0 Å². The van der Waals surface area contributed by atoms with E-state index in [0.717, 1.165) is 109 Å². The second-order valence-electron chi connectivity index (χ2n) is 20.9. The molecule has 1 atom stereocenters. The molecular formula is C68H118O6. The van der Waals surface area contributed by atoms with E-state index in [1.165, 1.54) is 161 Å². The average molecular weight is 1030 g/mol. The molecule has 0 aromatic heterocycles. The molecule has 0 aromatic carbocycles. The minimum Gasteiger partial charge on any atom is -0.462 e. The quantitative estimate of drug-likeness (QED) is 0.0261. The summed E-state index contributed by atoms with van der Waals surface area (Å²) in [4.78, 5) is 38.1. The summed E-state index contributed by atoms with van der Waals surface area (Å²) in [5, 5.41) is 0. The van der Waals surface area contributed by atoms with Gasteiger partial charge in [0, 0.05) is 19.3 Å². The van der Waals surface area contributed by atoms with E-state index < -0.39 is 6.10 Å². The van der Waals surface area contributed by atoms with Gasteiger partial charge in [0.15, 0.2) is 6.10 Å². The lowest BCUT2D eigenvalue weighted by Crippen LogP contribution is -2.30. The highest BCUT2D eigenvalue weighted by atomic mass is 16.6. The van der Waals surface area contributed by atoms with Crippen LogP contribution >= 0.6 is 0 Å². The Morgan fingerprint density at radius 2 is 0.527 bits per heavy atom. The van der Waals surface area contributed by atoms with Gasteiger partial charge < -0.3 is 14.2 Å². The number of allylic oxidation sites excluding steroid dienone is 14. The summed E-state index contributed by atoms with van der Waals surface area (Å²) in [6.45, 7) is 6.48. The lowest BCUT2D eigenvalue weighted by molar-refractivity contribution is -0.167. The highest BCUT2D eigenvalue weighted by Gasteiger charge is 2.19. The van der Waals surface area contributed by atoms with Crippen LogP contribution in [-0.2, 0) is 28.6 Å². The van der Waals surface area contributed by atoms with Gasteiger partial charge in [-0.15, -0.1) is 0 Å². The molecule has 6 heteroatoms. The van der Waals surface area contributed by atoms with Crippen LogP contribution in [0.4, 0.5) is 0 Å². The maximum Gasteiger partial charge on any atom is 0.306 e. The van der Waals surface area contributed by atoms with Gasteiger partial charge in [0.25, 0.3) is 0 Å². The molecule has 0 saturated heterocycles. The number of esters is 3. The van der Waals surface area contributed by atoms with Crippen molar-refractivity contribution >= 4 is 17.9 Å². The first-order chi connectivity index (χ1) is 36.5. The van der Waals surface area contributed by atoms with E-state index in [2.05, 4.69) is 106 Å². The van der Waals surface area contributed by atoms with Crippen molar-refractivity contribution in [3.05, 3.63) is 85.1 Å². The lowest BCUT2D eigenvalue weighted by Gasteiger charge is -2.18. The van der Waals surface area contributed by atoms with Gasteiger partial charge in [0.2, 0.25) is 0 Å². The SMILES string of the molecule is CC/C=C\C/C=C\C/C=C\C/C=C\CCCCCCC(=O)OC(COC(=O)CCCCCCCCCC)COC(=O)CCCCCCCCCCCCCCCCCC/C=C\C/C=C\C/C=C\CCCCCCC. The highest BCUT2D eigenvalue weighted by Crippen LogP contribution is 2.16. The first-order valence-corrected chi connectivity index (χ1v) is 31.6. The van der Waals surface area contributed by atoms with Crippen LogP contribution in [0.5, 0.6) is 0 Å². The van der Waals surface area contributed by atoms with E-state index in [-0.39, 0.29) is 31.1 Å². The van der Waals surface area contributed by atoms with Crippen molar-refractivity contribution in [1.29, 1.82) is 0 Å². The largest absolute Gasteiger partial charge is 0.462 e. The molecule has 0 spiro atoms. The second kappa shape index (κ2) is 62.1. The van der Waals surface area contributed by atoms with E-state index in [9.17, 15) is 14.4 Å². The number of ether oxygens (including phenoxy) is 3. The summed E-state index contributed by atoms with van der Waals surface area (Å²) in [6.07, 6.45) is 81.9. The molecule has 0 fully saturated rings.